The van der Waals surface area contributed by atoms with E-state index in [0.29, 0.717) is 10.0 Å². The standard InChI is InChI=1S/C15H9BrO5/c1-5-2-8(18)11-12(13(5)16)14(20)7-3-6(17)4-9(19)10(7)15(11)21/h2-4,17-19H,1H3. The fourth-order valence-electron chi connectivity index (χ4n) is 2.51. The molecule has 0 unspecified atom stereocenters. The predicted octanol–water partition coefficient (Wildman–Crippen LogP) is 2.65. The number of benzene rings is 2. The van der Waals surface area contributed by atoms with Crippen LogP contribution in [0.2, 0.25) is 0 Å². The Bertz CT molecular complexity index is 839. The molecule has 0 fully saturated rings. The Morgan fingerprint density at radius 1 is 0.857 bits per heavy atom. The second kappa shape index (κ2) is 4.33. The lowest BCUT2D eigenvalue weighted by Gasteiger charge is -2.21. The Hall–Kier alpha value is -2.34. The van der Waals surface area contributed by atoms with E-state index in [2.05, 4.69) is 15.9 Å². The smallest absolute Gasteiger partial charge is 0.202 e. The van der Waals surface area contributed by atoms with Gasteiger partial charge in [0.25, 0.3) is 0 Å². The van der Waals surface area contributed by atoms with Gasteiger partial charge in [-0.05, 0) is 40.5 Å². The summed E-state index contributed by atoms with van der Waals surface area (Å²) in [5.41, 5.74) is 0.188. The van der Waals surface area contributed by atoms with Crippen LogP contribution in [0.25, 0.3) is 0 Å². The van der Waals surface area contributed by atoms with Crippen LogP contribution in [0.4, 0.5) is 0 Å². The van der Waals surface area contributed by atoms with Gasteiger partial charge in [0, 0.05) is 16.1 Å². The first kappa shape index (κ1) is 13.6. The topological polar surface area (TPSA) is 94.8 Å². The first-order valence-electron chi connectivity index (χ1n) is 6.00. The lowest BCUT2D eigenvalue weighted by Crippen LogP contribution is -2.22. The molecular weight excluding hydrogens is 340 g/mol. The van der Waals surface area contributed by atoms with Gasteiger partial charge < -0.3 is 15.3 Å². The van der Waals surface area contributed by atoms with E-state index in [1.54, 1.807) is 6.92 Å². The number of phenolic OH excluding ortho intramolecular Hbond substituents is 3. The monoisotopic (exact) mass is 348 g/mol. The molecule has 1 aliphatic rings. The number of hydrogen-bond donors (Lipinski definition) is 3. The molecule has 0 atom stereocenters. The van der Waals surface area contributed by atoms with Crippen LogP contribution in [0.1, 0.15) is 37.4 Å². The number of phenols is 3. The van der Waals surface area contributed by atoms with Crippen molar-refractivity contribution in [3.05, 3.63) is 50.5 Å². The highest BCUT2D eigenvalue weighted by atomic mass is 79.9. The Labute approximate surface area is 127 Å². The second-order valence-corrected chi connectivity index (χ2v) is 5.62. The van der Waals surface area contributed by atoms with Gasteiger partial charge in [-0.1, -0.05) is 0 Å². The third kappa shape index (κ3) is 1.76. The summed E-state index contributed by atoms with van der Waals surface area (Å²) in [5.74, 6) is -2.33. The minimum absolute atomic E-state index is 0.0370. The maximum Gasteiger partial charge on any atom is 0.202 e. The van der Waals surface area contributed by atoms with Crippen LogP contribution in [0, 0.1) is 6.92 Å². The van der Waals surface area contributed by atoms with Crippen LogP contribution in [0.3, 0.4) is 0 Å². The van der Waals surface area contributed by atoms with Crippen molar-refractivity contribution in [1.29, 1.82) is 0 Å². The van der Waals surface area contributed by atoms with Crippen molar-refractivity contribution in [2.24, 2.45) is 0 Å². The first-order valence-corrected chi connectivity index (χ1v) is 6.79. The molecule has 0 radical (unpaired) electrons. The summed E-state index contributed by atoms with van der Waals surface area (Å²) < 4.78 is 0.405. The third-order valence-electron chi connectivity index (χ3n) is 3.45. The zero-order chi connectivity index (χ0) is 15.5. The molecular formula is C15H9BrO5. The number of halogens is 1. The van der Waals surface area contributed by atoms with Crippen molar-refractivity contribution in [3.63, 3.8) is 0 Å². The van der Waals surface area contributed by atoms with Gasteiger partial charge in [-0.2, -0.15) is 0 Å². The first-order chi connectivity index (χ1) is 9.82. The number of ketones is 2. The summed E-state index contributed by atoms with van der Waals surface area (Å²) in [7, 11) is 0. The van der Waals surface area contributed by atoms with Crippen LogP contribution < -0.4 is 0 Å². The van der Waals surface area contributed by atoms with E-state index in [0.717, 1.165) is 12.1 Å². The maximum absolute atomic E-state index is 12.6. The predicted molar refractivity (Wildman–Crippen MR) is 77.2 cm³/mol. The molecule has 0 aromatic heterocycles. The van der Waals surface area contributed by atoms with E-state index in [1.165, 1.54) is 6.07 Å². The van der Waals surface area contributed by atoms with Gasteiger partial charge in [-0.25, -0.2) is 0 Å². The molecule has 0 heterocycles. The molecule has 0 aliphatic heterocycles. The Morgan fingerprint density at radius 2 is 1.48 bits per heavy atom. The lowest BCUT2D eigenvalue weighted by atomic mass is 9.82. The normalized spacial score (nSPS) is 13.0. The third-order valence-corrected chi connectivity index (χ3v) is 4.48. The van der Waals surface area contributed by atoms with E-state index in [4.69, 9.17) is 0 Å². The highest BCUT2D eigenvalue weighted by molar-refractivity contribution is 9.10. The average molecular weight is 349 g/mol. The Morgan fingerprint density at radius 3 is 2.14 bits per heavy atom. The zero-order valence-electron chi connectivity index (χ0n) is 10.8. The van der Waals surface area contributed by atoms with Crippen LogP contribution in [0.5, 0.6) is 17.2 Å². The highest BCUT2D eigenvalue weighted by Crippen LogP contribution is 2.42. The fraction of sp³-hybridized carbons (Fsp3) is 0.0667. The van der Waals surface area contributed by atoms with Crippen LogP contribution in [-0.4, -0.2) is 26.9 Å². The molecule has 0 bridgehead atoms. The second-order valence-electron chi connectivity index (χ2n) is 4.82. The maximum atomic E-state index is 12.6. The number of carbonyl (C=O) groups excluding carboxylic acids is 2. The van der Waals surface area contributed by atoms with Crippen molar-refractivity contribution in [3.8, 4) is 17.2 Å². The zero-order valence-corrected chi connectivity index (χ0v) is 12.4. The number of fused-ring (bicyclic) bond motifs is 2. The number of aromatic hydroxyl groups is 3. The van der Waals surface area contributed by atoms with Gasteiger partial charge in [0.1, 0.15) is 17.2 Å². The van der Waals surface area contributed by atoms with Crippen LogP contribution in [0.15, 0.2) is 22.7 Å². The molecule has 2 aromatic carbocycles. The summed E-state index contributed by atoms with van der Waals surface area (Å²) in [4.78, 5) is 25.1. The summed E-state index contributed by atoms with van der Waals surface area (Å²) >= 11 is 3.25. The summed E-state index contributed by atoms with van der Waals surface area (Å²) in [6, 6.07) is 3.48. The molecule has 106 valence electrons. The molecule has 0 saturated heterocycles. The quantitative estimate of drug-likeness (QED) is 0.580. The summed E-state index contributed by atoms with van der Waals surface area (Å²) in [5, 5.41) is 29.4. The van der Waals surface area contributed by atoms with Crippen molar-refractivity contribution in [2.75, 3.05) is 0 Å². The summed E-state index contributed by atoms with van der Waals surface area (Å²) in [6.45, 7) is 1.68. The van der Waals surface area contributed by atoms with Crippen LogP contribution in [-0.2, 0) is 0 Å². The number of carbonyl (C=O) groups is 2. The van der Waals surface area contributed by atoms with Crippen molar-refractivity contribution >= 4 is 27.5 Å². The highest BCUT2D eigenvalue weighted by Gasteiger charge is 2.36. The van der Waals surface area contributed by atoms with Crippen LogP contribution >= 0.6 is 15.9 Å². The minimum Gasteiger partial charge on any atom is -0.508 e. The molecule has 3 rings (SSSR count). The molecule has 3 N–H and O–H groups in total. The van der Waals surface area contributed by atoms with E-state index in [-0.39, 0.29) is 33.8 Å². The molecule has 21 heavy (non-hydrogen) atoms. The average Bonchev–Trinajstić information content (AvgIpc) is 2.39. The largest absolute Gasteiger partial charge is 0.508 e. The number of aryl methyl sites for hydroxylation is 1. The van der Waals surface area contributed by atoms with E-state index < -0.39 is 17.3 Å². The Kier molecular flexibility index (Phi) is 2.81. The van der Waals surface area contributed by atoms with Crippen molar-refractivity contribution in [2.45, 2.75) is 6.92 Å². The summed E-state index contributed by atoms with van der Waals surface area (Å²) in [6.07, 6.45) is 0. The van der Waals surface area contributed by atoms with Gasteiger partial charge >= 0.3 is 0 Å². The van der Waals surface area contributed by atoms with E-state index in [9.17, 15) is 24.9 Å². The van der Waals surface area contributed by atoms with Gasteiger partial charge in [-0.15, -0.1) is 0 Å². The van der Waals surface area contributed by atoms with Gasteiger partial charge in [-0.3, -0.25) is 9.59 Å². The van der Waals surface area contributed by atoms with Crippen molar-refractivity contribution < 1.29 is 24.9 Å². The molecule has 0 spiro atoms. The van der Waals surface area contributed by atoms with Crippen molar-refractivity contribution in [1.82, 2.24) is 0 Å². The molecule has 0 amide bonds. The molecule has 6 heteroatoms. The molecule has 5 nitrogen and oxygen atoms in total. The molecule has 1 aliphatic carbocycles. The molecule has 0 saturated carbocycles. The number of hydrogen-bond acceptors (Lipinski definition) is 5. The minimum atomic E-state index is -0.657. The lowest BCUT2D eigenvalue weighted by molar-refractivity contribution is 0.0973. The SMILES string of the molecule is Cc1cc(O)c2c(c1Br)C(=O)c1cc(O)cc(O)c1C2=O. The van der Waals surface area contributed by atoms with E-state index in [1.807, 2.05) is 0 Å². The Balaban J connectivity index is 2.44. The molecule has 2 aromatic rings. The fourth-order valence-corrected chi connectivity index (χ4v) is 3.00. The number of rotatable bonds is 0. The van der Waals surface area contributed by atoms with Gasteiger partial charge in [0.05, 0.1) is 16.7 Å². The van der Waals surface area contributed by atoms with Gasteiger partial charge in [0.15, 0.2) is 5.78 Å². The van der Waals surface area contributed by atoms with E-state index >= 15 is 0 Å². The van der Waals surface area contributed by atoms with Gasteiger partial charge in [0.2, 0.25) is 5.78 Å².